The Balaban J connectivity index is 1.92. The van der Waals surface area contributed by atoms with Crippen LogP contribution < -0.4 is 15.2 Å². The van der Waals surface area contributed by atoms with Crippen LogP contribution in [0.25, 0.3) is 16.8 Å². The first kappa shape index (κ1) is 10.3. The number of hydrogen-bond donors (Lipinski definition) is 1. The van der Waals surface area contributed by atoms with E-state index in [-0.39, 0.29) is 6.79 Å². The van der Waals surface area contributed by atoms with Gasteiger partial charge in [-0.25, -0.2) is 4.98 Å². The fourth-order valence-electron chi connectivity index (χ4n) is 2.32. The Bertz CT molecular complexity index is 779. The van der Waals surface area contributed by atoms with Crippen molar-refractivity contribution >= 4 is 11.3 Å². The van der Waals surface area contributed by atoms with Crippen molar-refractivity contribution in [3.63, 3.8) is 0 Å². The maximum absolute atomic E-state index is 6.15. The maximum Gasteiger partial charge on any atom is 0.231 e. The van der Waals surface area contributed by atoms with Crippen molar-refractivity contribution in [2.75, 3.05) is 12.5 Å². The average molecular weight is 253 g/mol. The number of anilines is 1. The molecular formula is C14H11N3O2. The Morgan fingerprint density at radius 1 is 1.16 bits per heavy atom. The van der Waals surface area contributed by atoms with E-state index in [1.54, 1.807) is 6.20 Å². The second-order valence-electron chi connectivity index (χ2n) is 4.37. The second kappa shape index (κ2) is 3.65. The Labute approximate surface area is 109 Å². The molecule has 0 unspecified atom stereocenters. The van der Waals surface area contributed by atoms with Crippen LogP contribution in [0.5, 0.6) is 11.5 Å². The first-order chi connectivity index (χ1) is 9.33. The summed E-state index contributed by atoms with van der Waals surface area (Å²) in [5.41, 5.74) is 9.57. The molecule has 5 nitrogen and oxygen atoms in total. The lowest BCUT2D eigenvalue weighted by Gasteiger charge is -2.08. The normalized spacial score (nSPS) is 13.1. The smallest absolute Gasteiger partial charge is 0.231 e. The Hall–Kier alpha value is -2.69. The molecule has 3 aromatic rings. The van der Waals surface area contributed by atoms with Gasteiger partial charge in [-0.1, -0.05) is 0 Å². The number of rotatable bonds is 1. The van der Waals surface area contributed by atoms with Crippen LogP contribution in [0.4, 0.5) is 5.69 Å². The highest BCUT2D eigenvalue weighted by Crippen LogP contribution is 2.43. The van der Waals surface area contributed by atoms with Gasteiger partial charge >= 0.3 is 0 Å². The fraction of sp³-hybridized carbons (Fsp3) is 0.0714. The zero-order chi connectivity index (χ0) is 12.8. The van der Waals surface area contributed by atoms with Crippen LogP contribution in [0.2, 0.25) is 0 Å². The van der Waals surface area contributed by atoms with Gasteiger partial charge in [0, 0.05) is 24.2 Å². The van der Waals surface area contributed by atoms with E-state index in [1.165, 1.54) is 0 Å². The molecule has 1 aliphatic rings. The third kappa shape index (κ3) is 1.45. The molecule has 0 saturated heterocycles. The summed E-state index contributed by atoms with van der Waals surface area (Å²) < 4.78 is 12.7. The summed E-state index contributed by atoms with van der Waals surface area (Å²) in [6.07, 6.45) is 5.63. The quantitative estimate of drug-likeness (QED) is 0.676. The van der Waals surface area contributed by atoms with E-state index in [4.69, 9.17) is 15.2 Å². The number of fused-ring (bicyclic) bond motifs is 2. The van der Waals surface area contributed by atoms with Crippen molar-refractivity contribution in [3.05, 3.63) is 42.9 Å². The number of nitrogens with two attached hydrogens (primary N) is 1. The summed E-state index contributed by atoms with van der Waals surface area (Å²) in [6.45, 7) is 0.224. The molecule has 0 spiro atoms. The molecule has 2 aromatic heterocycles. The molecule has 3 heterocycles. The van der Waals surface area contributed by atoms with Gasteiger partial charge in [-0.15, -0.1) is 0 Å². The molecule has 2 N–H and O–H groups in total. The molecule has 1 aliphatic heterocycles. The standard InChI is InChI=1S/C14H11N3O2/c15-13-10(1-2-11-14(13)19-8-18-11)9-3-5-17-6-4-16-12(17)7-9/h1-7H,8,15H2. The second-order valence-corrected chi connectivity index (χ2v) is 4.37. The SMILES string of the molecule is Nc1c(-c2ccn3ccnc3c2)ccc2c1OCO2. The Kier molecular flexibility index (Phi) is 1.97. The summed E-state index contributed by atoms with van der Waals surface area (Å²) >= 11 is 0. The summed E-state index contributed by atoms with van der Waals surface area (Å²) in [7, 11) is 0. The molecule has 0 amide bonds. The van der Waals surface area contributed by atoms with Crippen LogP contribution in [-0.4, -0.2) is 16.2 Å². The number of nitrogens with zero attached hydrogens (tertiary/aromatic N) is 2. The van der Waals surface area contributed by atoms with Crippen molar-refractivity contribution in [1.29, 1.82) is 0 Å². The number of nitrogen functional groups attached to an aromatic ring is 1. The number of benzene rings is 1. The average Bonchev–Trinajstić information content (AvgIpc) is 3.07. The molecule has 94 valence electrons. The Morgan fingerprint density at radius 2 is 2.11 bits per heavy atom. The van der Waals surface area contributed by atoms with Gasteiger partial charge < -0.3 is 19.6 Å². The van der Waals surface area contributed by atoms with Gasteiger partial charge in [0.25, 0.3) is 0 Å². The van der Waals surface area contributed by atoms with Crippen LogP contribution in [0.15, 0.2) is 42.9 Å². The lowest BCUT2D eigenvalue weighted by atomic mass is 10.0. The number of hydrogen-bond acceptors (Lipinski definition) is 4. The number of pyridine rings is 1. The van der Waals surface area contributed by atoms with Gasteiger partial charge in [-0.3, -0.25) is 0 Å². The predicted molar refractivity (Wildman–Crippen MR) is 71.2 cm³/mol. The van der Waals surface area contributed by atoms with Crippen molar-refractivity contribution in [2.24, 2.45) is 0 Å². The molecule has 19 heavy (non-hydrogen) atoms. The molecule has 0 aliphatic carbocycles. The molecule has 1 aromatic carbocycles. The van der Waals surface area contributed by atoms with Gasteiger partial charge in [-0.2, -0.15) is 0 Å². The van der Waals surface area contributed by atoms with Crippen LogP contribution in [0.1, 0.15) is 0 Å². The minimum absolute atomic E-state index is 0.224. The minimum atomic E-state index is 0.224. The van der Waals surface area contributed by atoms with Crippen molar-refractivity contribution in [2.45, 2.75) is 0 Å². The van der Waals surface area contributed by atoms with E-state index in [1.807, 2.05) is 41.1 Å². The fourth-order valence-corrected chi connectivity index (χ4v) is 2.32. The molecular weight excluding hydrogens is 242 g/mol. The van der Waals surface area contributed by atoms with E-state index in [9.17, 15) is 0 Å². The summed E-state index contributed by atoms with van der Waals surface area (Å²) in [5.74, 6) is 1.32. The topological polar surface area (TPSA) is 61.8 Å². The molecule has 0 atom stereocenters. The van der Waals surface area contributed by atoms with E-state index < -0.39 is 0 Å². The number of imidazole rings is 1. The highest BCUT2D eigenvalue weighted by Gasteiger charge is 2.19. The minimum Gasteiger partial charge on any atom is -0.454 e. The first-order valence-electron chi connectivity index (χ1n) is 5.94. The first-order valence-corrected chi connectivity index (χ1v) is 5.94. The number of aromatic nitrogens is 2. The van der Waals surface area contributed by atoms with Crippen molar-refractivity contribution in [3.8, 4) is 22.6 Å². The van der Waals surface area contributed by atoms with Gasteiger partial charge in [0.2, 0.25) is 6.79 Å². The zero-order valence-electron chi connectivity index (χ0n) is 10.0. The highest BCUT2D eigenvalue weighted by molar-refractivity contribution is 5.84. The van der Waals surface area contributed by atoms with Crippen LogP contribution >= 0.6 is 0 Å². The monoisotopic (exact) mass is 253 g/mol. The predicted octanol–water partition coefficient (Wildman–Crippen LogP) is 2.31. The molecule has 0 fully saturated rings. The summed E-state index contributed by atoms with van der Waals surface area (Å²) in [6, 6.07) is 7.82. The Morgan fingerprint density at radius 3 is 3.05 bits per heavy atom. The molecule has 0 radical (unpaired) electrons. The summed E-state index contributed by atoms with van der Waals surface area (Å²) in [4.78, 5) is 4.27. The van der Waals surface area contributed by atoms with E-state index in [0.717, 1.165) is 16.8 Å². The molecule has 0 saturated carbocycles. The van der Waals surface area contributed by atoms with Crippen LogP contribution in [-0.2, 0) is 0 Å². The zero-order valence-corrected chi connectivity index (χ0v) is 10.0. The molecule has 0 bridgehead atoms. The molecule has 5 heteroatoms. The van der Waals surface area contributed by atoms with Gasteiger partial charge in [-0.05, 0) is 29.8 Å². The van der Waals surface area contributed by atoms with Crippen molar-refractivity contribution < 1.29 is 9.47 Å². The van der Waals surface area contributed by atoms with E-state index in [2.05, 4.69) is 4.98 Å². The van der Waals surface area contributed by atoms with E-state index in [0.29, 0.717) is 17.2 Å². The third-order valence-electron chi connectivity index (χ3n) is 3.29. The van der Waals surface area contributed by atoms with Crippen LogP contribution in [0.3, 0.4) is 0 Å². The summed E-state index contributed by atoms with van der Waals surface area (Å²) in [5, 5.41) is 0. The highest BCUT2D eigenvalue weighted by atomic mass is 16.7. The maximum atomic E-state index is 6.15. The van der Waals surface area contributed by atoms with Crippen molar-refractivity contribution in [1.82, 2.24) is 9.38 Å². The van der Waals surface area contributed by atoms with Gasteiger partial charge in [0.15, 0.2) is 11.5 Å². The van der Waals surface area contributed by atoms with Gasteiger partial charge in [0.1, 0.15) is 5.65 Å². The largest absolute Gasteiger partial charge is 0.454 e. The van der Waals surface area contributed by atoms with E-state index >= 15 is 0 Å². The van der Waals surface area contributed by atoms with Gasteiger partial charge in [0.05, 0.1) is 5.69 Å². The molecule has 4 rings (SSSR count). The number of ether oxygens (including phenoxy) is 2. The lowest BCUT2D eigenvalue weighted by Crippen LogP contribution is -1.96. The van der Waals surface area contributed by atoms with Crippen LogP contribution in [0, 0.1) is 0 Å². The lowest BCUT2D eigenvalue weighted by molar-refractivity contribution is 0.174. The third-order valence-corrected chi connectivity index (χ3v) is 3.29.